The fraction of sp³-hybridized carbons (Fsp3) is 0.333. The number of piperidine rings is 1. The first kappa shape index (κ1) is 20.2. The van der Waals surface area contributed by atoms with Gasteiger partial charge in [0.25, 0.3) is 5.91 Å². The topological polar surface area (TPSA) is 59.4 Å². The van der Waals surface area contributed by atoms with E-state index in [0.717, 1.165) is 49.5 Å². The Morgan fingerprint density at radius 2 is 1.80 bits per heavy atom. The van der Waals surface area contributed by atoms with Crippen molar-refractivity contribution in [3.8, 4) is 17.0 Å². The highest BCUT2D eigenvalue weighted by molar-refractivity contribution is 5.93. The number of methoxy groups -OCH3 is 1. The monoisotopic (exact) mass is 404 g/mol. The number of ether oxygens (including phenoxy) is 1. The lowest BCUT2D eigenvalue weighted by Crippen LogP contribution is -2.44. The molecule has 3 aromatic rings. The second-order valence-electron chi connectivity index (χ2n) is 7.78. The Balaban J connectivity index is 1.33. The van der Waals surface area contributed by atoms with E-state index in [1.54, 1.807) is 11.8 Å². The van der Waals surface area contributed by atoms with Crippen LogP contribution >= 0.6 is 0 Å². The molecule has 0 radical (unpaired) electrons. The zero-order valence-electron chi connectivity index (χ0n) is 17.5. The van der Waals surface area contributed by atoms with Gasteiger partial charge in [0.05, 0.1) is 12.8 Å². The summed E-state index contributed by atoms with van der Waals surface area (Å²) in [4.78, 5) is 15.3. The van der Waals surface area contributed by atoms with Crippen molar-refractivity contribution in [3.05, 3.63) is 71.9 Å². The molecule has 0 aliphatic carbocycles. The van der Waals surface area contributed by atoms with Crippen LogP contribution in [0.5, 0.6) is 5.75 Å². The SMILES string of the molecule is COc1ccc(-c2cc(C(=O)NC3CCN(Cc4ccccc4)CC3)n(C)n2)cc1. The van der Waals surface area contributed by atoms with Gasteiger partial charge in [-0.25, -0.2) is 0 Å². The van der Waals surface area contributed by atoms with Crippen molar-refractivity contribution in [1.82, 2.24) is 20.0 Å². The maximum atomic E-state index is 12.8. The van der Waals surface area contributed by atoms with Crippen LogP contribution in [0, 0.1) is 0 Å². The van der Waals surface area contributed by atoms with E-state index in [9.17, 15) is 4.79 Å². The Labute approximate surface area is 177 Å². The average Bonchev–Trinajstić information content (AvgIpc) is 3.18. The molecule has 0 unspecified atom stereocenters. The third-order valence-electron chi connectivity index (χ3n) is 5.67. The van der Waals surface area contributed by atoms with Gasteiger partial charge in [-0.2, -0.15) is 5.10 Å². The number of carbonyl (C=O) groups is 1. The van der Waals surface area contributed by atoms with Crippen LogP contribution in [0.1, 0.15) is 28.9 Å². The van der Waals surface area contributed by atoms with Crippen LogP contribution in [-0.4, -0.2) is 46.8 Å². The first-order valence-electron chi connectivity index (χ1n) is 10.4. The summed E-state index contributed by atoms with van der Waals surface area (Å²) >= 11 is 0. The van der Waals surface area contributed by atoms with E-state index in [4.69, 9.17) is 4.74 Å². The maximum Gasteiger partial charge on any atom is 0.269 e. The van der Waals surface area contributed by atoms with Crippen LogP contribution in [0.3, 0.4) is 0 Å². The predicted molar refractivity (Wildman–Crippen MR) is 117 cm³/mol. The first-order valence-corrected chi connectivity index (χ1v) is 10.4. The number of rotatable bonds is 6. The summed E-state index contributed by atoms with van der Waals surface area (Å²) in [5, 5.41) is 7.71. The highest BCUT2D eigenvalue weighted by Gasteiger charge is 2.23. The van der Waals surface area contributed by atoms with Gasteiger partial charge in [0, 0.05) is 38.3 Å². The maximum absolute atomic E-state index is 12.8. The van der Waals surface area contributed by atoms with E-state index in [-0.39, 0.29) is 11.9 Å². The number of carbonyl (C=O) groups excluding carboxylic acids is 1. The third-order valence-corrected chi connectivity index (χ3v) is 5.67. The number of amides is 1. The van der Waals surface area contributed by atoms with Gasteiger partial charge in [0.15, 0.2) is 0 Å². The number of hydrogen-bond acceptors (Lipinski definition) is 4. The molecule has 1 saturated heterocycles. The number of aryl methyl sites for hydroxylation is 1. The molecule has 4 rings (SSSR count). The van der Waals surface area contributed by atoms with Crippen molar-refractivity contribution in [2.24, 2.45) is 7.05 Å². The summed E-state index contributed by atoms with van der Waals surface area (Å²) in [7, 11) is 3.45. The normalized spacial score (nSPS) is 15.1. The van der Waals surface area contributed by atoms with Gasteiger partial charge >= 0.3 is 0 Å². The molecule has 6 nitrogen and oxygen atoms in total. The molecule has 2 aromatic carbocycles. The highest BCUT2D eigenvalue weighted by Crippen LogP contribution is 2.22. The van der Waals surface area contributed by atoms with Gasteiger partial charge in [-0.3, -0.25) is 14.4 Å². The highest BCUT2D eigenvalue weighted by atomic mass is 16.5. The first-order chi connectivity index (χ1) is 14.6. The molecular weight excluding hydrogens is 376 g/mol. The molecule has 30 heavy (non-hydrogen) atoms. The Kier molecular flexibility index (Phi) is 6.14. The minimum absolute atomic E-state index is 0.0636. The van der Waals surface area contributed by atoms with Crippen molar-refractivity contribution in [2.45, 2.75) is 25.4 Å². The van der Waals surface area contributed by atoms with Gasteiger partial charge in [-0.1, -0.05) is 30.3 Å². The van der Waals surface area contributed by atoms with Crippen molar-refractivity contribution in [3.63, 3.8) is 0 Å². The number of aromatic nitrogens is 2. The summed E-state index contributed by atoms with van der Waals surface area (Å²) in [5.41, 5.74) is 3.65. The lowest BCUT2D eigenvalue weighted by molar-refractivity contribution is 0.0899. The zero-order valence-corrected chi connectivity index (χ0v) is 17.5. The third kappa shape index (κ3) is 4.71. The molecule has 1 aliphatic rings. The molecule has 156 valence electrons. The minimum atomic E-state index is -0.0636. The molecule has 0 saturated carbocycles. The smallest absolute Gasteiger partial charge is 0.269 e. The molecule has 0 bridgehead atoms. The Hall–Kier alpha value is -3.12. The predicted octanol–water partition coefficient (Wildman–Crippen LogP) is 3.49. The molecule has 2 heterocycles. The Bertz CT molecular complexity index is 974. The van der Waals surface area contributed by atoms with Crippen molar-refractivity contribution in [1.29, 1.82) is 0 Å². The van der Waals surface area contributed by atoms with Gasteiger partial charge < -0.3 is 10.1 Å². The fourth-order valence-electron chi connectivity index (χ4n) is 3.92. The zero-order chi connectivity index (χ0) is 20.9. The second-order valence-corrected chi connectivity index (χ2v) is 7.78. The standard InChI is InChI=1S/C24H28N4O2/c1-27-23(16-22(26-27)19-8-10-21(30-2)11-9-19)24(29)25-20-12-14-28(15-13-20)17-18-6-4-3-5-7-18/h3-11,16,20H,12-15,17H2,1-2H3,(H,25,29). The number of nitrogens with zero attached hydrogens (tertiary/aromatic N) is 3. The van der Waals surface area contributed by atoms with Gasteiger partial charge in [-0.05, 0) is 48.7 Å². The van der Waals surface area contributed by atoms with Crippen molar-refractivity contribution >= 4 is 5.91 Å². The van der Waals surface area contributed by atoms with E-state index in [2.05, 4.69) is 39.6 Å². The van der Waals surface area contributed by atoms with Gasteiger partial charge in [0.2, 0.25) is 0 Å². The van der Waals surface area contributed by atoms with Crippen LogP contribution in [0.2, 0.25) is 0 Å². The number of nitrogens with one attached hydrogen (secondary N) is 1. The van der Waals surface area contributed by atoms with E-state index in [1.807, 2.05) is 43.4 Å². The van der Waals surface area contributed by atoms with Crippen LogP contribution in [0.15, 0.2) is 60.7 Å². The molecule has 1 aliphatic heterocycles. The average molecular weight is 405 g/mol. The summed E-state index contributed by atoms with van der Waals surface area (Å²) in [6, 6.07) is 20.3. The van der Waals surface area contributed by atoms with E-state index < -0.39 is 0 Å². The molecule has 1 fully saturated rings. The van der Waals surface area contributed by atoms with E-state index in [1.165, 1.54) is 5.56 Å². The minimum Gasteiger partial charge on any atom is -0.497 e. The van der Waals surface area contributed by atoms with Crippen molar-refractivity contribution < 1.29 is 9.53 Å². The summed E-state index contributed by atoms with van der Waals surface area (Å²) in [5.74, 6) is 0.734. The van der Waals surface area contributed by atoms with Crippen LogP contribution < -0.4 is 10.1 Å². The number of likely N-dealkylation sites (tertiary alicyclic amines) is 1. The quantitative estimate of drug-likeness (QED) is 0.683. The second kappa shape index (κ2) is 9.13. The van der Waals surface area contributed by atoms with E-state index in [0.29, 0.717) is 5.69 Å². The van der Waals surface area contributed by atoms with Crippen LogP contribution in [0.25, 0.3) is 11.3 Å². The molecule has 1 aromatic heterocycles. The molecular formula is C24H28N4O2. The largest absolute Gasteiger partial charge is 0.497 e. The molecule has 6 heteroatoms. The molecule has 1 N–H and O–H groups in total. The Morgan fingerprint density at radius 1 is 1.10 bits per heavy atom. The van der Waals surface area contributed by atoms with Crippen LogP contribution in [-0.2, 0) is 13.6 Å². The Morgan fingerprint density at radius 3 is 2.47 bits per heavy atom. The van der Waals surface area contributed by atoms with Gasteiger partial charge in [-0.15, -0.1) is 0 Å². The number of benzene rings is 2. The molecule has 1 amide bonds. The van der Waals surface area contributed by atoms with Gasteiger partial charge in [0.1, 0.15) is 11.4 Å². The fourth-order valence-corrected chi connectivity index (χ4v) is 3.92. The molecule has 0 spiro atoms. The summed E-state index contributed by atoms with van der Waals surface area (Å²) in [6.07, 6.45) is 1.92. The lowest BCUT2D eigenvalue weighted by atomic mass is 10.0. The van der Waals surface area contributed by atoms with Crippen LogP contribution in [0.4, 0.5) is 0 Å². The summed E-state index contributed by atoms with van der Waals surface area (Å²) in [6.45, 7) is 2.94. The van der Waals surface area contributed by atoms with E-state index >= 15 is 0 Å². The lowest BCUT2D eigenvalue weighted by Gasteiger charge is -2.32. The molecule has 0 atom stereocenters. The summed E-state index contributed by atoms with van der Waals surface area (Å²) < 4.78 is 6.86. The number of hydrogen-bond donors (Lipinski definition) is 1. The van der Waals surface area contributed by atoms with Crippen molar-refractivity contribution in [2.75, 3.05) is 20.2 Å².